The van der Waals surface area contributed by atoms with Crippen molar-refractivity contribution in [1.29, 1.82) is 0 Å². The third-order valence-electron chi connectivity index (χ3n) is 3.28. The first-order chi connectivity index (χ1) is 12.2. The predicted octanol–water partition coefficient (Wildman–Crippen LogP) is 2.56. The third kappa shape index (κ3) is 5.33. The number of thioether (sulfide) groups is 1. The summed E-state index contributed by atoms with van der Waals surface area (Å²) in [7, 11) is 0. The molecule has 6 nitrogen and oxygen atoms in total. The van der Waals surface area contributed by atoms with Crippen LogP contribution in [0.5, 0.6) is 0 Å². The van der Waals surface area contributed by atoms with Crippen LogP contribution >= 0.6 is 23.1 Å². The van der Waals surface area contributed by atoms with Crippen molar-refractivity contribution < 1.29 is 14.0 Å². The van der Waals surface area contributed by atoms with Crippen molar-refractivity contribution in [2.75, 3.05) is 12.3 Å². The Morgan fingerprint density at radius 3 is 2.80 bits per heavy atom. The second-order valence-electron chi connectivity index (χ2n) is 5.20. The van der Waals surface area contributed by atoms with Crippen LogP contribution in [0.4, 0.5) is 0 Å². The molecule has 0 fully saturated rings. The molecule has 0 atom stereocenters. The average Bonchev–Trinajstić information content (AvgIpc) is 3.27. The fourth-order valence-corrected chi connectivity index (χ4v) is 3.98. The van der Waals surface area contributed by atoms with E-state index in [1.165, 1.54) is 11.8 Å². The molecular weight excluding hydrogens is 358 g/mol. The molecule has 130 valence electrons. The number of furan rings is 1. The molecule has 2 amide bonds. The van der Waals surface area contributed by atoms with E-state index in [2.05, 4.69) is 15.6 Å². The van der Waals surface area contributed by atoms with Crippen LogP contribution in [0, 0.1) is 0 Å². The molecule has 0 saturated carbocycles. The monoisotopic (exact) mass is 375 g/mol. The SMILES string of the molecule is O=C(CNC(=O)CSCc1nc2ccccc2s1)NCc1ccco1. The number of amides is 2. The third-order valence-corrected chi connectivity index (χ3v) is 5.45. The molecule has 2 heterocycles. The molecule has 3 rings (SSSR count). The van der Waals surface area contributed by atoms with Crippen LogP contribution in [0.15, 0.2) is 47.1 Å². The van der Waals surface area contributed by atoms with Gasteiger partial charge in [0.05, 0.1) is 35.3 Å². The van der Waals surface area contributed by atoms with Gasteiger partial charge in [-0.25, -0.2) is 4.98 Å². The predicted molar refractivity (Wildman–Crippen MR) is 99.3 cm³/mol. The topological polar surface area (TPSA) is 84.2 Å². The second-order valence-corrected chi connectivity index (χ2v) is 7.30. The van der Waals surface area contributed by atoms with Crippen molar-refractivity contribution in [2.45, 2.75) is 12.3 Å². The van der Waals surface area contributed by atoms with Gasteiger partial charge in [-0.05, 0) is 24.3 Å². The van der Waals surface area contributed by atoms with Gasteiger partial charge in [0.25, 0.3) is 0 Å². The number of carbonyl (C=O) groups excluding carboxylic acids is 2. The van der Waals surface area contributed by atoms with Gasteiger partial charge < -0.3 is 15.1 Å². The van der Waals surface area contributed by atoms with Crippen molar-refractivity contribution >= 4 is 45.1 Å². The van der Waals surface area contributed by atoms with Crippen LogP contribution in [0.3, 0.4) is 0 Å². The quantitative estimate of drug-likeness (QED) is 0.632. The molecule has 0 aliphatic rings. The summed E-state index contributed by atoms with van der Waals surface area (Å²) < 4.78 is 6.26. The number of fused-ring (bicyclic) bond motifs is 1. The van der Waals surface area contributed by atoms with Gasteiger partial charge in [-0.2, -0.15) is 0 Å². The summed E-state index contributed by atoms with van der Waals surface area (Å²) in [5.41, 5.74) is 0.987. The molecular formula is C17H17N3O3S2. The number of thiazole rings is 1. The van der Waals surface area contributed by atoms with Gasteiger partial charge in [0, 0.05) is 5.75 Å². The number of para-hydroxylation sites is 1. The average molecular weight is 375 g/mol. The lowest BCUT2D eigenvalue weighted by atomic mass is 10.3. The van der Waals surface area contributed by atoms with Crippen LogP contribution in [0.1, 0.15) is 10.8 Å². The van der Waals surface area contributed by atoms with E-state index >= 15 is 0 Å². The summed E-state index contributed by atoms with van der Waals surface area (Å²) >= 11 is 3.12. The minimum atomic E-state index is -0.249. The summed E-state index contributed by atoms with van der Waals surface area (Å²) in [4.78, 5) is 28.0. The molecule has 0 aliphatic carbocycles. The van der Waals surface area contributed by atoms with Gasteiger partial charge in [0.1, 0.15) is 10.8 Å². The van der Waals surface area contributed by atoms with Crippen molar-refractivity contribution in [2.24, 2.45) is 0 Å². The normalized spacial score (nSPS) is 10.7. The fraction of sp³-hybridized carbons (Fsp3) is 0.235. The highest BCUT2D eigenvalue weighted by Crippen LogP contribution is 2.24. The van der Waals surface area contributed by atoms with Gasteiger partial charge in [-0.15, -0.1) is 23.1 Å². The molecule has 0 saturated heterocycles. The van der Waals surface area contributed by atoms with E-state index in [0.717, 1.165) is 15.2 Å². The van der Waals surface area contributed by atoms with E-state index in [9.17, 15) is 9.59 Å². The molecule has 8 heteroatoms. The zero-order chi connectivity index (χ0) is 17.5. The summed E-state index contributed by atoms with van der Waals surface area (Å²) in [6, 6.07) is 11.5. The smallest absolute Gasteiger partial charge is 0.239 e. The van der Waals surface area contributed by atoms with E-state index in [0.29, 0.717) is 23.8 Å². The van der Waals surface area contributed by atoms with Gasteiger partial charge in [-0.3, -0.25) is 9.59 Å². The van der Waals surface area contributed by atoms with Gasteiger partial charge in [-0.1, -0.05) is 12.1 Å². The molecule has 2 N–H and O–H groups in total. The standard InChI is InChI=1S/C17H17N3O3S2/c21-15(18-8-12-4-3-7-23-12)9-19-16(22)10-24-11-17-20-13-5-1-2-6-14(13)25-17/h1-7H,8-11H2,(H,18,21)(H,19,22). The van der Waals surface area contributed by atoms with Crippen molar-refractivity contribution in [1.82, 2.24) is 15.6 Å². The molecule has 0 bridgehead atoms. The Labute approximate surface area is 153 Å². The minimum Gasteiger partial charge on any atom is -0.467 e. The van der Waals surface area contributed by atoms with E-state index in [4.69, 9.17) is 4.42 Å². The number of benzene rings is 1. The van der Waals surface area contributed by atoms with E-state index in [-0.39, 0.29) is 18.4 Å². The van der Waals surface area contributed by atoms with Crippen LogP contribution in [0.2, 0.25) is 0 Å². The van der Waals surface area contributed by atoms with E-state index in [1.54, 1.807) is 29.7 Å². The first kappa shape index (κ1) is 17.5. The highest BCUT2D eigenvalue weighted by molar-refractivity contribution is 7.99. The maximum atomic E-state index is 11.8. The van der Waals surface area contributed by atoms with Gasteiger partial charge >= 0.3 is 0 Å². The Hall–Kier alpha value is -2.32. The largest absolute Gasteiger partial charge is 0.467 e. The molecule has 3 aromatic rings. The highest BCUT2D eigenvalue weighted by Gasteiger charge is 2.08. The lowest BCUT2D eigenvalue weighted by Gasteiger charge is -2.05. The summed E-state index contributed by atoms with van der Waals surface area (Å²) in [5, 5.41) is 6.28. The molecule has 2 aromatic heterocycles. The number of hydrogen-bond acceptors (Lipinski definition) is 6. The fourth-order valence-electron chi connectivity index (χ4n) is 2.10. The van der Waals surface area contributed by atoms with Crippen LogP contribution in [-0.4, -0.2) is 29.1 Å². The number of nitrogens with zero attached hydrogens (tertiary/aromatic N) is 1. The van der Waals surface area contributed by atoms with E-state index in [1.807, 2.05) is 24.3 Å². The number of rotatable bonds is 8. The Kier molecular flexibility index (Phi) is 6.08. The maximum Gasteiger partial charge on any atom is 0.239 e. The van der Waals surface area contributed by atoms with Crippen LogP contribution in [0.25, 0.3) is 10.2 Å². The lowest BCUT2D eigenvalue weighted by molar-refractivity contribution is -0.124. The first-order valence-corrected chi connectivity index (χ1v) is 9.66. The first-order valence-electron chi connectivity index (χ1n) is 7.68. The molecule has 25 heavy (non-hydrogen) atoms. The van der Waals surface area contributed by atoms with Gasteiger partial charge in [0.2, 0.25) is 11.8 Å². The summed E-state index contributed by atoms with van der Waals surface area (Å²) in [5.74, 6) is 1.23. The lowest BCUT2D eigenvalue weighted by Crippen LogP contribution is -2.37. The Morgan fingerprint density at radius 1 is 1.12 bits per heavy atom. The number of aromatic nitrogens is 1. The Morgan fingerprint density at radius 2 is 2.00 bits per heavy atom. The van der Waals surface area contributed by atoms with Crippen molar-refractivity contribution in [3.63, 3.8) is 0 Å². The zero-order valence-electron chi connectivity index (χ0n) is 13.4. The van der Waals surface area contributed by atoms with Crippen LogP contribution in [-0.2, 0) is 21.9 Å². The minimum absolute atomic E-state index is 0.0404. The summed E-state index contributed by atoms with van der Waals surface area (Å²) in [6.07, 6.45) is 1.55. The number of nitrogens with one attached hydrogen (secondary N) is 2. The van der Waals surface area contributed by atoms with E-state index < -0.39 is 0 Å². The Bertz CT molecular complexity index is 813. The Balaban J connectivity index is 1.33. The molecule has 0 spiro atoms. The molecule has 0 radical (unpaired) electrons. The molecule has 0 aliphatic heterocycles. The number of carbonyl (C=O) groups is 2. The van der Waals surface area contributed by atoms with Crippen molar-refractivity contribution in [3.8, 4) is 0 Å². The summed E-state index contributed by atoms with van der Waals surface area (Å²) in [6.45, 7) is 0.273. The zero-order valence-corrected chi connectivity index (χ0v) is 15.0. The van der Waals surface area contributed by atoms with Gasteiger partial charge in [0.15, 0.2) is 0 Å². The second kappa shape index (κ2) is 8.68. The molecule has 1 aromatic carbocycles. The maximum absolute atomic E-state index is 11.8. The van der Waals surface area contributed by atoms with Crippen LogP contribution < -0.4 is 10.6 Å². The highest BCUT2D eigenvalue weighted by atomic mass is 32.2. The number of hydrogen-bond donors (Lipinski definition) is 2. The molecule has 0 unspecified atom stereocenters. The van der Waals surface area contributed by atoms with Crippen molar-refractivity contribution in [3.05, 3.63) is 53.4 Å².